The Morgan fingerprint density at radius 2 is 2.29 bits per heavy atom. The van der Waals surface area contributed by atoms with E-state index in [1.807, 2.05) is 0 Å². The molecule has 1 unspecified atom stereocenters. The minimum Gasteiger partial charge on any atom is -0.494 e. The van der Waals surface area contributed by atoms with Crippen LogP contribution in [0, 0.1) is 5.82 Å². The molecule has 1 aliphatic heterocycles. The van der Waals surface area contributed by atoms with E-state index < -0.39 is 5.82 Å². The van der Waals surface area contributed by atoms with Crippen LogP contribution in [0.15, 0.2) is 12.1 Å². The fourth-order valence-corrected chi connectivity index (χ4v) is 2.62. The van der Waals surface area contributed by atoms with E-state index in [0.717, 1.165) is 0 Å². The molecule has 0 aromatic heterocycles. The van der Waals surface area contributed by atoms with Crippen LogP contribution in [0.1, 0.15) is 6.42 Å². The molecule has 92 valence electrons. The fraction of sp³-hybridized carbons (Fsp3) is 0.364. The van der Waals surface area contributed by atoms with Gasteiger partial charge in [-0.05, 0) is 12.1 Å². The maximum atomic E-state index is 14.1. The minimum atomic E-state index is -0.602. The molecule has 1 fully saturated rings. The number of ether oxygens (including phenoxy) is 1. The van der Waals surface area contributed by atoms with Gasteiger partial charge in [0.15, 0.2) is 11.6 Å². The van der Waals surface area contributed by atoms with Crippen molar-refractivity contribution in [2.24, 2.45) is 0 Å². The zero-order valence-electron chi connectivity index (χ0n) is 9.04. The Labute approximate surface area is 112 Å². The molecule has 0 saturated carbocycles. The average molecular weight is 323 g/mol. The SMILES string of the molecule is COc1ccc(Cl)c(N2CC(Br)CC2=O)c1F. The molecular formula is C11H10BrClFNO2. The fourth-order valence-electron chi connectivity index (χ4n) is 1.81. The van der Waals surface area contributed by atoms with E-state index in [0.29, 0.717) is 13.0 Å². The van der Waals surface area contributed by atoms with Crippen molar-refractivity contribution in [3.63, 3.8) is 0 Å². The summed E-state index contributed by atoms with van der Waals surface area (Å²) in [5.41, 5.74) is 0.0953. The van der Waals surface area contributed by atoms with E-state index in [2.05, 4.69) is 15.9 Å². The Morgan fingerprint density at radius 3 is 2.82 bits per heavy atom. The second kappa shape index (κ2) is 4.82. The Balaban J connectivity index is 2.47. The standard InChI is InChI=1S/C11H10BrClFNO2/c1-17-8-3-2-7(13)11(10(8)14)15-5-6(12)4-9(15)16/h2-3,6H,4-5H2,1H3. The molecule has 6 heteroatoms. The number of anilines is 1. The summed E-state index contributed by atoms with van der Waals surface area (Å²) in [4.78, 5) is 13.1. The molecule has 0 radical (unpaired) electrons. The van der Waals surface area contributed by atoms with Crippen LogP contribution in [0.3, 0.4) is 0 Å². The maximum absolute atomic E-state index is 14.1. The van der Waals surface area contributed by atoms with Gasteiger partial charge in [-0.2, -0.15) is 0 Å². The minimum absolute atomic E-state index is 0.0247. The predicted molar refractivity (Wildman–Crippen MR) is 67.6 cm³/mol. The third-order valence-corrected chi connectivity index (χ3v) is 3.52. The van der Waals surface area contributed by atoms with Crippen LogP contribution >= 0.6 is 27.5 Å². The zero-order chi connectivity index (χ0) is 12.6. The average Bonchev–Trinajstić information content (AvgIpc) is 2.58. The van der Waals surface area contributed by atoms with Gasteiger partial charge in [-0.1, -0.05) is 27.5 Å². The van der Waals surface area contributed by atoms with Gasteiger partial charge in [0, 0.05) is 17.8 Å². The summed E-state index contributed by atoms with van der Waals surface area (Å²) in [6.07, 6.45) is 0.340. The van der Waals surface area contributed by atoms with Crippen LogP contribution in [-0.4, -0.2) is 24.4 Å². The Kier molecular flexibility index (Phi) is 3.58. The van der Waals surface area contributed by atoms with Crippen molar-refractivity contribution >= 4 is 39.1 Å². The number of hydrogen-bond donors (Lipinski definition) is 0. The van der Waals surface area contributed by atoms with Crippen molar-refractivity contribution in [1.82, 2.24) is 0 Å². The second-order valence-electron chi connectivity index (χ2n) is 3.72. The molecule has 0 spiro atoms. The number of benzene rings is 1. The molecule has 1 heterocycles. The molecule has 3 nitrogen and oxygen atoms in total. The van der Waals surface area contributed by atoms with Crippen LogP contribution in [0.25, 0.3) is 0 Å². The summed E-state index contributed by atoms with van der Waals surface area (Å²) in [7, 11) is 1.37. The zero-order valence-corrected chi connectivity index (χ0v) is 11.4. The first-order chi connectivity index (χ1) is 8.04. The molecule has 0 N–H and O–H groups in total. The van der Waals surface area contributed by atoms with Crippen molar-refractivity contribution in [3.8, 4) is 5.75 Å². The van der Waals surface area contributed by atoms with E-state index in [9.17, 15) is 9.18 Å². The van der Waals surface area contributed by atoms with Crippen molar-refractivity contribution in [1.29, 1.82) is 0 Å². The monoisotopic (exact) mass is 321 g/mol. The molecule has 1 aromatic rings. The molecule has 1 aromatic carbocycles. The number of halogens is 3. The predicted octanol–water partition coefficient (Wildman–Crippen LogP) is 2.99. The van der Waals surface area contributed by atoms with Gasteiger partial charge in [0.1, 0.15) is 5.69 Å². The number of rotatable bonds is 2. The number of nitrogens with zero attached hydrogens (tertiary/aromatic N) is 1. The van der Waals surface area contributed by atoms with Gasteiger partial charge >= 0.3 is 0 Å². The highest BCUT2D eigenvalue weighted by Crippen LogP contribution is 2.37. The number of carbonyl (C=O) groups is 1. The van der Waals surface area contributed by atoms with Crippen LogP contribution in [0.2, 0.25) is 5.02 Å². The lowest BCUT2D eigenvalue weighted by molar-refractivity contribution is -0.117. The molecular weight excluding hydrogens is 312 g/mol. The summed E-state index contributed by atoms with van der Waals surface area (Å²) < 4.78 is 18.9. The lowest BCUT2D eigenvalue weighted by atomic mass is 10.2. The molecule has 2 rings (SSSR count). The van der Waals surface area contributed by atoms with Gasteiger partial charge in [-0.3, -0.25) is 4.79 Å². The lowest BCUT2D eigenvalue weighted by Crippen LogP contribution is -2.26. The number of alkyl halides is 1. The topological polar surface area (TPSA) is 29.5 Å². The van der Waals surface area contributed by atoms with Gasteiger partial charge < -0.3 is 9.64 Å². The van der Waals surface area contributed by atoms with Crippen molar-refractivity contribution in [2.45, 2.75) is 11.2 Å². The highest BCUT2D eigenvalue weighted by Gasteiger charge is 2.32. The largest absolute Gasteiger partial charge is 0.494 e. The van der Waals surface area contributed by atoms with E-state index in [1.54, 1.807) is 0 Å². The third-order valence-electron chi connectivity index (χ3n) is 2.60. The summed E-state index contributed by atoms with van der Waals surface area (Å²) in [5, 5.41) is 0.207. The van der Waals surface area contributed by atoms with Gasteiger partial charge in [-0.15, -0.1) is 0 Å². The van der Waals surface area contributed by atoms with Gasteiger partial charge in [-0.25, -0.2) is 4.39 Å². The third kappa shape index (κ3) is 2.26. The normalized spacial score (nSPS) is 19.9. The first kappa shape index (κ1) is 12.6. The van der Waals surface area contributed by atoms with Crippen LogP contribution in [0.5, 0.6) is 5.75 Å². The van der Waals surface area contributed by atoms with Crippen LogP contribution in [-0.2, 0) is 4.79 Å². The van der Waals surface area contributed by atoms with Crippen molar-refractivity contribution in [2.75, 3.05) is 18.6 Å². The molecule has 1 amide bonds. The van der Waals surface area contributed by atoms with E-state index in [1.165, 1.54) is 24.1 Å². The van der Waals surface area contributed by atoms with Crippen LogP contribution in [0.4, 0.5) is 10.1 Å². The van der Waals surface area contributed by atoms with Gasteiger partial charge in [0.2, 0.25) is 5.91 Å². The van der Waals surface area contributed by atoms with E-state index in [4.69, 9.17) is 16.3 Å². The Morgan fingerprint density at radius 1 is 1.59 bits per heavy atom. The number of hydrogen-bond acceptors (Lipinski definition) is 2. The van der Waals surface area contributed by atoms with Crippen molar-refractivity contribution < 1.29 is 13.9 Å². The number of carbonyl (C=O) groups excluding carboxylic acids is 1. The molecule has 1 aliphatic rings. The summed E-state index contributed by atoms with van der Waals surface area (Å²) in [6, 6.07) is 2.96. The second-order valence-corrected chi connectivity index (χ2v) is 5.42. The highest BCUT2D eigenvalue weighted by molar-refractivity contribution is 9.09. The summed E-state index contributed by atoms with van der Waals surface area (Å²) >= 11 is 9.29. The first-order valence-electron chi connectivity index (χ1n) is 5.01. The smallest absolute Gasteiger partial charge is 0.228 e. The Bertz CT molecular complexity index is 469. The van der Waals surface area contributed by atoms with E-state index in [-0.39, 0.29) is 27.2 Å². The van der Waals surface area contributed by atoms with Crippen molar-refractivity contribution in [3.05, 3.63) is 23.0 Å². The highest BCUT2D eigenvalue weighted by atomic mass is 79.9. The number of methoxy groups -OCH3 is 1. The number of amides is 1. The molecule has 0 bridgehead atoms. The van der Waals surface area contributed by atoms with Gasteiger partial charge in [0.05, 0.1) is 12.1 Å². The van der Waals surface area contributed by atoms with Crippen LogP contribution < -0.4 is 9.64 Å². The Hall–Kier alpha value is -0.810. The van der Waals surface area contributed by atoms with E-state index >= 15 is 0 Å². The maximum Gasteiger partial charge on any atom is 0.228 e. The molecule has 1 saturated heterocycles. The first-order valence-corrected chi connectivity index (χ1v) is 6.30. The quantitative estimate of drug-likeness (QED) is 0.784. The molecule has 0 aliphatic carbocycles. The summed E-state index contributed by atoms with van der Waals surface area (Å²) in [5.74, 6) is -0.675. The molecule has 1 atom stereocenters. The summed E-state index contributed by atoms with van der Waals surface area (Å²) in [6.45, 7) is 0.405. The lowest BCUT2D eigenvalue weighted by Gasteiger charge is -2.19. The van der Waals surface area contributed by atoms with Gasteiger partial charge in [0.25, 0.3) is 0 Å². The molecule has 17 heavy (non-hydrogen) atoms.